The third-order valence-corrected chi connectivity index (χ3v) is 2.59. The van der Waals surface area contributed by atoms with Gasteiger partial charge in [0.25, 0.3) is 5.91 Å². The number of rotatable bonds is 3. The van der Waals surface area contributed by atoms with Gasteiger partial charge in [0, 0.05) is 23.0 Å². The van der Waals surface area contributed by atoms with E-state index < -0.39 is 22.3 Å². The molecule has 2 aromatic rings. The fourth-order valence-electron chi connectivity index (χ4n) is 1.45. The highest BCUT2D eigenvalue weighted by molar-refractivity contribution is 6.30. The Morgan fingerprint density at radius 2 is 2.10 bits per heavy atom. The van der Waals surface area contributed by atoms with Crippen molar-refractivity contribution in [1.29, 1.82) is 0 Å². The molecule has 0 aliphatic heterocycles. The molecule has 0 fully saturated rings. The van der Waals surface area contributed by atoms with Gasteiger partial charge in [-0.25, -0.2) is 0 Å². The number of pyridine rings is 1. The zero-order chi connectivity index (χ0) is 14.7. The molecular formula is C12H7ClFN3O3. The van der Waals surface area contributed by atoms with Crippen LogP contribution in [-0.4, -0.2) is 15.8 Å². The highest BCUT2D eigenvalue weighted by atomic mass is 35.5. The number of benzene rings is 1. The molecule has 0 radical (unpaired) electrons. The Hall–Kier alpha value is -2.54. The van der Waals surface area contributed by atoms with E-state index in [1.165, 1.54) is 24.4 Å². The molecule has 0 atom stereocenters. The summed E-state index contributed by atoms with van der Waals surface area (Å²) in [6.07, 6.45) is 1.35. The molecule has 1 amide bonds. The van der Waals surface area contributed by atoms with Gasteiger partial charge in [-0.3, -0.25) is 19.9 Å². The Morgan fingerprint density at radius 3 is 2.75 bits per heavy atom. The van der Waals surface area contributed by atoms with E-state index in [0.29, 0.717) is 5.02 Å². The van der Waals surface area contributed by atoms with Crippen molar-refractivity contribution >= 4 is 28.9 Å². The predicted octanol–water partition coefficient (Wildman–Crippen LogP) is 3.03. The summed E-state index contributed by atoms with van der Waals surface area (Å²) in [7, 11) is 0. The quantitative estimate of drug-likeness (QED) is 0.696. The zero-order valence-corrected chi connectivity index (χ0v) is 10.6. The fraction of sp³-hybridized carbons (Fsp3) is 0. The van der Waals surface area contributed by atoms with Crippen LogP contribution in [-0.2, 0) is 0 Å². The van der Waals surface area contributed by atoms with Crippen molar-refractivity contribution in [3.05, 3.63) is 63.2 Å². The van der Waals surface area contributed by atoms with Crippen LogP contribution in [0, 0.1) is 15.9 Å². The Balaban J connectivity index is 2.24. The molecule has 0 spiro atoms. The standard InChI is InChI=1S/C12H7ClFN3O3/c13-7-3-4-15-10(5-7)12(18)16-8-1-2-9(14)11(6-8)17(19)20/h1-6H,(H,16,18). The summed E-state index contributed by atoms with van der Waals surface area (Å²) < 4.78 is 13.1. The van der Waals surface area contributed by atoms with Crippen LogP contribution in [0.15, 0.2) is 36.5 Å². The molecule has 0 bridgehead atoms. The summed E-state index contributed by atoms with van der Waals surface area (Å²) in [4.78, 5) is 25.4. The van der Waals surface area contributed by atoms with Crippen LogP contribution in [0.1, 0.15) is 10.5 Å². The smallest absolute Gasteiger partial charge is 0.306 e. The van der Waals surface area contributed by atoms with Gasteiger partial charge in [-0.1, -0.05) is 11.6 Å². The van der Waals surface area contributed by atoms with Crippen LogP contribution < -0.4 is 5.32 Å². The van der Waals surface area contributed by atoms with E-state index in [1.807, 2.05) is 0 Å². The summed E-state index contributed by atoms with van der Waals surface area (Å²) in [6, 6.07) is 5.89. The summed E-state index contributed by atoms with van der Waals surface area (Å²) in [5.74, 6) is -1.58. The second-order valence-corrected chi connectivity index (χ2v) is 4.17. The van der Waals surface area contributed by atoms with Crippen LogP contribution in [0.2, 0.25) is 5.02 Å². The molecule has 1 aromatic carbocycles. The first-order chi connectivity index (χ1) is 9.47. The van der Waals surface area contributed by atoms with Gasteiger partial charge in [0.05, 0.1) is 4.92 Å². The summed E-state index contributed by atoms with van der Waals surface area (Å²) in [6.45, 7) is 0. The van der Waals surface area contributed by atoms with E-state index in [1.54, 1.807) is 0 Å². The average molecular weight is 296 g/mol. The molecule has 0 aliphatic rings. The number of carbonyl (C=O) groups is 1. The number of hydrogen-bond acceptors (Lipinski definition) is 4. The van der Waals surface area contributed by atoms with Crippen molar-refractivity contribution in [3.63, 3.8) is 0 Å². The van der Waals surface area contributed by atoms with Gasteiger partial charge in [0.1, 0.15) is 5.69 Å². The lowest BCUT2D eigenvalue weighted by molar-refractivity contribution is -0.387. The summed E-state index contributed by atoms with van der Waals surface area (Å²) >= 11 is 5.72. The van der Waals surface area contributed by atoms with Gasteiger partial charge in [0.2, 0.25) is 5.82 Å². The number of carbonyl (C=O) groups excluding carboxylic acids is 1. The number of hydrogen-bond donors (Lipinski definition) is 1. The van der Waals surface area contributed by atoms with E-state index in [9.17, 15) is 19.3 Å². The van der Waals surface area contributed by atoms with E-state index in [-0.39, 0.29) is 11.4 Å². The molecule has 0 aliphatic carbocycles. The van der Waals surface area contributed by atoms with Gasteiger partial charge < -0.3 is 5.32 Å². The third kappa shape index (κ3) is 3.07. The molecule has 6 nitrogen and oxygen atoms in total. The van der Waals surface area contributed by atoms with Crippen molar-refractivity contribution in [3.8, 4) is 0 Å². The predicted molar refractivity (Wildman–Crippen MR) is 70.3 cm³/mol. The molecule has 20 heavy (non-hydrogen) atoms. The van der Waals surface area contributed by atoms with Crippen molar-refractivity contribution in [1.82, 2.24) is 4.98 Å². The van der Waals surface area contributed by atoms with Crippen LogP contribution in [0.4, 0.5) is 15.8 Å². The van der Waals surface area contributed by atoms with Gasteiger partial charge >= 0.3 is 5.69 Å². The number of nitro benzene ring substituents is 1. The van der Waals surface area contributed by atoms with Crippen molar-refractivity contribution in [2.45, 2.75) is 0 Å². The highest BCUT2D eigenvalue weighted by Gasteiger charge is 2.16. The normalized spacial score (nSPS) is 10.1. The minimum absolute atomic E-state index is 0.0458. The topological polar surface area (TPSA) is 85.1 Å². The van der Waals surface area contributed by atoms with E-state index in [0.717, 1.165) is 12.1 Å². The number of halogens is 2. The monoisotopic (exact) mass is 295 g/mol. The van der Waals surface area contributed by atoms with Gasteiger partial charge in [-0.05, 0) is 24.3 Å². The number of nitro groups is 1. The Morgan fingerprint density at radius 1 is 1.35 bits per heavy atom. The molecule has 8 heteroatoms. The number of amides is 1. The first-order valence-corrected chi connectivity index (χ1v) is 5.72. The van der Waals surface area contributed by atoms with Crippen LogP contribution in [0.3, 0.4) is 0 Å². The molecular weight excluding hydrogens is 289 g/mol. The number of nitrogens with one attached hydrogen (secondary N) is 1. The first kappa shape index (κ1) is 13.9. The molecule has 102 valence electrons. The number of nitrogens with zero attached hydrogens (tertiary/aromatic N) is 2. The highest BCUT2D eigenvalue weighted by Crippen LogP contribution is 2.22. The third-order valence-electron chi connectivity index (χ3n) is 2.36. The maximum absolute atomic E-state index is 13.1. The lowest BCUT2D eigenvalue weighted by Crippen LogP contribution is -2.13. The first-order valence-electron chi connectivity index (χ1n) is 5.34. The van der Waals surface area contributed by atoms with Crippen LogP contribution in [0.25, 0.3) is 0 Å². The van der Waals surface area contributed by atoms with Crippen LogP contribution >= 0.6 is 11.6 Å². The van der Waals surface area contributed by atoms with Gasteiger partial charge in [-0.15, -0.1) is 0 Å². The second kappa shape index (κ2) is 5.62. The molecule has 1 heterocycles. The Bertz CT molecular complexity index is 693. The minimum atomic E-state index is -0.978. The van der Waals surface area contributed by atoms with Gasteiger partial charge in [-0.2, -0.15) is 4.39 Å². The molecule has 0 unspecified atom stereocenters. The van der Waals surface area contributed by atoms with Crippen LogP contribution in [0.5, 0.6) is 0 Å². The molecule has 1 N–H and O–H groups in total. The van der Waals surface area contributed by atoms with E-state index >= 15 is 0 Å². The zero-order valence-electron chi connectivity index (χ0n) is 9.84. The lowest BCUT2D eigenvalue weighted by atomic mass is 10.2. The minimum Gasteiger partial charge on any atom is -0.320 e. The number of anilines is 1. The lowest BCUT2D eigenvalue weighted by Gasteiger charge is -2.05. The van der Waals surface area contributed by atoms with Crippen molar-refractivity contribution < 1.29 is 14.1 Å². The maximum atomic E-state index is 13.1. The van der Waals surface area contributed by atoms with Crippen molar-refractivity contribution in [2.75, 3.05) is 5.32 Å². The van der Waals surface area contributed by atoms with E-state index in [2.05, 4.69) is 10.3 Å². The SMILES string of the molecule is O=C(Nc1ccc(F)c([N+](=O)[O-])c1)c1cc(Cl)ccn1. The largest absolute Gasteiger partial charge is 0.320 e. The number of aromatic nitrogens is 1. The Labute approximate surface area is 117 Å². The average Bonchev–Trinajstić information content (AvgIpc) is 2.40. The van der Waals surface area contributed by atoms with Crippen molar-refractivity contribution in [2.24, 2.45) is 0 Å². The molecule has 2 rings (SSSR count). The summed E-state index contributed by atoms with van der Waals surface area (Å²) in [5, 5.41) is 13.3. The fourth-order valence-corrected chi connectivity index (χ4v) is 1.61. The molecule has 0 saturated carbocycles. The maximum Gasteiger partial charge on any atom is 0.306 e. The Kier molecular flexibility index (Phi) is 3.90. The van der Waals surface area contributed by atoms with Gasteiger partial charge in [0.15, 0.2) is 0 Å². The van der Waals surface area contributed by atoms with E-state index in [4.69, 9.17) is 11.6 Å². The summed E-state index contributed by atoms with van der Waals surface area (Å²) in [5.41, 5.74) is -0.587. The molecule has 1 aromatic heterocycles. The second-order valence-electron chi connectivity index (χ2n) is 3.74. The molecule has 0 saturated heterocycles.